The quantitative estimate of drug-likeness (QED) is 0.715. The second kappa shape index (κ2) is 5.03. The molecule has 96 valence electrons. The largest absolute Gasteiger partial charge is 0.480 e. The van der Waals surface area contributed by atoms with Gasteiger partial charge in [0, 0.05) is 18.9 Å². The minimum absolute atomic E-state index is 0.180. The third-order valence-corrected chi connectivity index (χ3v) is 2.90. The van der Waals surface area contributed by atoms with Crippen molar-refractivity contribution in [3.05, 3.63) is 24.0 Å². The van der Waals surface area contributed by atoms with Gasteiger partial charge in [-0.3, -0.25) is 9.78 Å². The molecule has 0 aliphatic heterocycles. The molecule has 1 heterocycles. The molecule has 0 radical (unpaired) electrons. The molecule has 1 fully saturated rings. The maximum absolute atomic E-state index is 11.4. The van der Waals surface area contributed by atoms with E-state index in [9.17, 15) is 9.59 Å². The molecule has 6 nitrogen and oxygen atoms in total. The standard InChI is InChI=1S/C12H15N3O3/c1-13-11(16)9-6-8(4-5-14-9)15-10(12(17)18)7-2-3-7/h4-7,10H,2-3H2,1H3,(H,13,16)(H,14,15)(H,17,18). The van der Waals surface area contributed by atoms with E-state index >= 15 is 0 Å². The molecule has 0 aromatic carbocycles. The maximum Gasteiger partial charge on any atom is 0.326 e. The fourth-order valence-electron chi connectivity index (χ4n) is 1.76. The number of hydrogen-bond donors (Lipinski definition) is 3. The number of carbonyl (C=O) groups is 2. The number of amides is 1. The first-order chi connectivity index (χ1) is 8.61. The van der Waals surface area contributed by atoms with E-state index in [2.05, 4.69) is 15.6 Å². The molecule has 1 amide bonds. The van der Waals surface area contributed by atoms with Gasteiger partial charge in [0.05, 0.1) is 0 Å². The average Bonchev–Trinajstić information content (AvgIpc) is 3.19. The second-order valence-corrected chi connectivity index (χ2v) is 4.31. The Morgan fingerprint density at radius 1 is 1.50 bits per heavy atom. The molecule has 1 saturated carbocycles. The zero-order chi connectivity index (χ0) is 13.1. The summed E-state index contributed by atoms with van der Waals surface area (Å²) in [5.74, 6) is -0.980. The van der Waals surface area contributed by atoms with E-state index in [1.54, 1.807) is 12.1 Å². The number of carbonyl (C=O) groups excluding carboxylic acids is 1. The fraction of sp³-hybridized carbons (Fsp3) is 0.417. The summed E-state index contributed by atoms with van der Waals surface area (Å²) in [6, 6.07) is 2.62. The van der Waals surface area contributed by atoms with Crippen LogP contribution >= 0.6 is 0 Å². The van der Waals surface area contributed by atoms with Crippen molar-refractivity contribution < 1.29 is 14.7 Å². The summed E-state index contributed by atoms with van der Waals surface area (Å²) in [6.45, 7) is 0. The van der Waals surface area contributed by atoms with E-state index in [4.69, 9.17) is 5.11 Å². The van der Waals surface area contributed by atoms with Crippen LogP contribution in [0.25, 0.3) is 0 Å². The molecular weight excluding hydrogens is 234 g/mol. The summed E-state index contributed by atoms with van der Waals surface area (Å²) in [7, 11) is 1.52. The third-order valence-electron chi connectivity index (χ3n) is 2.90. The predicted molar refractivity (Wildman–Crippen MR) is 65.4 cm³/mol. The minimum Gasteiger partial charge on any atom is -0.480 e. The number of hydrogen-bond acceptors (Lipinski definition) is 4. The predicted octanol–water partition coefficient (Wildman–Crippen LogP) is 0.716. The first kappa shape index (κ1) is 12.3. The highest BCUT2D eigenvalue weighted by atomic mass is 16.4. The van der Waals surface area contributed by atoms with Crippen LogP contribution in [0.5, 0.6) is 0 Å². The number of carboxylic acids is 1. The van der Waals surface area contributed by atoms with Crippen molar-refractivity contribution >= 4 is 17.6 Å². The lowest BCUT2D eigenvalue weighted by Gasteiger charge is -2.15. The van der Waals surface area contributed by atoms with E-state index < -0.39 is 12.0 Å². The van der Waals surface area contributed by atoms with Gasteiger partial charge in [-0.2, -0.15) is 0 Å². The molecule has 1 unspecified atom stereocenters. The summed E-state index contributed by atoms with van der Waals surface area (Å²) in [4.78, 5) is 26.4. The number of aliphatic carboxylic acids is 1. The molecule has 18 heavy (non-hydrogen) atoms. The fourth-order valence-corrected chi connectivity index (χ4v) is 1.76. The number of aromatic nitrogens is 1. The van der Waals surface area contributed by atoms with Crippen molar-refractivity contribution in [3.63, 3.8) is 0 Å². The summed E-state index contributed by atoms with van der Waals surface area (Å²) < 4.78 is 0. The average molecular weight is 249 g/mol. The molecule has 0 saturated heterocycles. The van der Waals surface area contributed by atoms with Crippen molar-refractivity contribution in [1.29, 1.82) is 0 Å². The number of nitrogens with one attached hydrogen (secondary N) is 2. The molecule has 1 aromatic rings. The Bertz CT molecular complexity index is 471. The molecule has 0 spiro atoms. The SMILES string of the molecule is CNC(=O)c1cc(NC(C(=O)O)C2CC2)ccn1. The molecule has 3 N–H and O–H groups in total. The molecule has 1 aliphatic rings. The van der Waals surface area contributed by atoms with Gasteiger partial charge in [0.15, 0.2) is 0 Å². The lowest BCUT2D eigenvalue weighted by Crippen LogP contribution is -2.31. The van der Waals surface area contributed by atoms with Gasteiger partial charge in [0.25, 0.3) is 5.91 Å². The van der Waals surface area contributed by atoms with Crippen molar-refractivity contribution in [2.24, 2.45) is 5.92 Å². The Kier molecular flexibility index (Phi) is 3.45. The maximum atomic E-state index is 11.4. The molecular formula is C12H15N3O3. The topological polar surface area (TPSA) is 91.3 Å². The highest BCUT2D eigenvalue weighted by Gasteiger charge is 2.36. The van der Waals surface area contributed by atoms with Crippen LogP contribution in [0.3, 0.4) is 0 Å². The number of nitrogens with zero attached hydrogens (tertiary/aromatic N) is 1. The first-order valence-electron chi connectivity index (χ1n) is 5.79. The van der Waals surface area contributed by atoms with Crippen LogP contribution in [0.15, 0.2) is 18.3 Å². The first-order valence-corrected chi connectivity index (χ1v) is 5.79. The van der Waals surface area contributed by atoms with Gasteiger partial charge in [-0.25, -0.2) is 4.79 Å². The molecule has 1 aromatic heterocycles. The number of rotatable bonds is 5. The smallest absolute Gasteiger partial charge is 0.326 e. The normalized spacial score (nSPS) is 15.8. The van der Waals surface area contributed by atoms with E-state index in [0.29, 0.717) is 5.69 Å². The van der Waals surface area contributed by atoms with Crippen LogP contribution in [0.2, 0.25) is 0 Å². The van der Waals surface area contributed by atoms with E-state index in [-0.39, 0.29) is 17.5 Å². The van der Waals surface area contributed by atoms with Crippen molar-refractivity contribution in [1.82, 2.24) is 10.3 Å². The molecule has 6 heteroatoms. The monoisotopic (exact) mass is 249 g/mol. The van der Waals surface area contributed by atoms with Crippen LogP contribution in [-0.2, 0) is 4.79 Å². The van der Waals surface area contributed by atoms with Gasteiger partial charge in [-0.1, -0.05) is 0 Å². The Morgan fingerprint density at radius 2 is 2.22 bits per heavy atom. The second-order valence-electron chi connectivity index (χ2n) is 4.31. The van der Waals surface area contributed by atoms with Gasteiger partial charge in [0.2, 0.25) is 0 Å². The highest BCUT2D eigenvalue weighted by molar-refractivity contribution is 5.93. The molecule has 1 atom stereocenters. The summed E-state index contributed by atoms with van der Waals surface area (Å²) in [5.41, 5.74) is 0.866. The number of pyridine rings is 1. The zero-order valence-corrected chi connectivity index (χ0v) is 10.0. The van der Waals surface area contributed by atoms with E-state index in [1.165, 1.54) is 13.2 Å². The van der Waals surface area contributed by atoms with E-state index in [1.807, 2.05) is 0 Å². The number of anilines is 1. The van der Waals surface area contributed by atoms with Gasteiger partial charge < -0.3 is 15.7 Å². The summed E-state index contributed by atoms with van der Waals surface area (Å²) >= 11 is 0. The van der Waals surface area contributed by atoms with Gasteiger partial charge >= 0.3 is 5.97 Å². The lowest BCUT2D eigenvalue weighted by molar-refractivity contribution is -0.138. The molecule has 2 rings (SSSR count). The third kappa shape index (κ3) is 2.77. The van der Waals surface area contributed by atoms with Gasteiger partial charge in [-0.05, 0) is 30.9 Å². The molecule has 0 bridgehead atoms. The van der Waals surface area contributed by atoms with Crippen LogP contribution < -0.4 is 10.6 Å². The Labute approximate surface area is 104 Å². The zero-order valence-electron chi connectivity index (χ0n) is 10.0. The minimum atomic E-state index is -0.865. The Hall–Kier alpha value is -2.11. The number of carboxylic acid groups (broad SMARTS) is 1. The van der Waals surface area contributed by atoms with Crippen LogP contribution in [0.4, 0.5) is 5.69 Å². The Morgan fingerprint density at radius 3 is 2.78 bits per heavy atom. The van der Waals surface area contributed by atoms with Crippen molar-refractivity contribution in [3.8, 4) is 0 Å². The highest BCUT2D eigenvalue weighted by Crippen LogP contribution is 2.34. The summed E-state index contributed by atoms with van der Waals surface area (Å²) in [6.07, 6.45) is 3.34. The van der Waals surface area contributed by atoms with E-state index in [0.717, 1.165) is 12.8 Å². The van der Waals surface area contributed by atoms with Crippen LogP contribution in [0.1, 0.15) is 23.3 Å². The van der Waals surface area contributed by atoms with Crippen LogP contribution in [0, 0.1) is 5.92 Å². The van der Waals surface area contributed by atoms with Gasteiger partial charge in [0.1, 0.15) is 11.7 Å². The van der Waals surface area contributed by atoms with Crippen LogP contribution in [-0.4, -0.2) is 35.1 Å². The van der Waals surface area contributed by atoms with Gasteiger partial charge in [-0.15, -0.1) is 0 Å². The Balaban J connectivity index is 2.13. The summed E-state index contributed by atoms with van der Waals surface area (Å²) in [5, 5.41) is 14.5. The van der Waals surface area contributed by atoms with Crippen molar-refractivity contribution in [2.45, 2.75) is 18.9 Å². The van der Waals surface area contributed by atoms with Crippen molar-refractivity contribution in [2.75, 3.05) is 12.4 Å². The molecule has 1 aliphatic carbocycles. The lowest BCUT2D eigenvalue weighted by atomic mass is 10.1.